The van der Waals surface area contributed by atoms with Gasteiger partial charge in [-0.15, -0.1) is 0 Å². The zero-order valence-electron chi connectivity index (χ0n) is 34.1. The Hall–Kier alpha value is -8.00. The second kappa shape index (κ2) is 14.6. The minimum absolute atomic E-state index is 0.542. The number of fused-ring (bicyclic) bond motifs is 7. The molecule has 0 N–H and O–H groups in total. The van der Waals surface area contributed by atoms with Gasteiger partial charge in [0.15, 0.2) is 0 Å². The predicted molar refractivity (Wildman–Crippen MR) is 262 cm³/mol. The first-order valence-corrected chi connectivity index (χ1v) is 21.5. The van der Waals surface area contributed by atoms with Crippen LogP contribution in [0.5, 0.6) is 0 Å². The molecule has 0 atom stereocenters. The highest BCUT2D eigenvalue weighted by Crippen LogP contribution is 2.60. The van der Waals surface area contributed by atoms with E-state index in [9.17, 15) is 0 Å². The van der Waals surface area contributed by atoms with Crippen molar-refractivity contribution in [3.05, 3.63) is 271 Å². The van der Waals surface area contributed by atoms with Gasteiger partial charge in [-0.3, -0.25) is 0 Å². The van der Waals surface area contributed by atoms with Crippen LogP contribution in [0, 0.1) is 0 Å². The van der Waals surface area contributed by atoms with E-state index in [1.807, 2.05) is 0 Å². The van der Waals surface area contributed by atoms with Crippen molar-refractivity contribution < 1.29 is 0 Å². The molecule has 290 valence electrons. The van der Waals surface area contributed by atoms with Gasteiger partial charge in [0, 0.05) is 22.2 Å². The molecule has 1 aliphatic rings. The average Bonchev–Trinajstić information content (AvgIpc) is 3.66. The first-order chi connectivity index (χ1) is 30.8. The van der Waals surface area contributed by atoms with Crippen molar-refractivity contribution in [2.75, 3.05) is 4.90 Å². The Morgan fingerprint density at radius 1 is 0.306 bits per heavy atom. The molecule has 0 aromatic heterocycles. The summed E-state index contributed by atoms with van der Waals surface area (Å²) in [5.41, 5.74) is 15.2. The van der Waals surface area contributed by atoms with Crippen molar-refractivity contribution in [3.8, 4) is 33.4 Å². The van der Waals surface area contributed by atoms with Crippen molar-refractivity contribution >= 4 is 49.4 Å². The summed E-state index contributed by atoms with van der Waals surface area (Å²) >= 11 is 0. The SMILES string of the molecule is c1ccc(-c2ccc(N(c3cccc4c3-c3ccccc3C4(c3ccccc3)c3ccccc3)c3c(-c4ccc5ccccc5c4)c4ccccc4c4ccccc34)cc2)cc1. The van der Waals surface area contributed by atoms with Gasteiger partial charge < -0.3 is 4.90 Å². The van der Waals surface area contributed by atoms with E-state index in [0.717, 1.165) is 17.1 Å². The van der Waals surface area contributed by atoms with Crippen molar-refractivity contribution in [1.29, 1.82) is 0 Å². The molecule has 0 bridgehead atoms. The summed E-state index contributed by atoms with van der Waals surface area (Å²) in [6.45, 7) is 0. The van der Waals surface area contributed by atoms with E-state index in [0.29, 0.717) is 0 Å². The van der Waals surface area contributed by atoms with E-state index in [1.165, 1.54) is 88.0 Å². The minimum Gasteiger partial charge on any atom is -0.309 e. The molecule has 0 spiro atoms. The van der Waals surface area contributed by atoms with Crippen LogP contribution in [-0.2, 0) is 5.41 Å². The number of rotatable bonds is 7. The zero-order chi connectivity index (χ0) is 41.0. The molecule has 0 saturated carbocycles. The van der Waals surface area contributed by atoms with Gasteiger partial charge in [-0.05, 0) is 95.7 Å². The zero-order valence-corrected chi connectivity index (χ0v) is 34.1. The summed E-state index contributed by atoms with van der Waals surface area (Å²) in [7, 11) is 0. The maximum absolute atomic E-state index is 2.58. The quantitative estimate of drug-likeness (QED) is 0.145. The highest BCUT2D eigenvalue weighted by molar-refractivity contribution is 6.23. The number of nitrogens with zero attached hydrogens (tertiary/aromatic N) is 1. The van der Waals surface area contributed by atoms with Crippen LogP contribution in [0.15, 0.2) is 249 Å². The molecule has 0 radical (unpaired) electrons. The van der Waals surface area contributed by atoms with Crippen LogP contribution in [0.25, 0.3) is 65.7 Å². The van der Waals surface area contributed by atoms with Crippen molar-refractivity contribution in [3.63, 3.8) is 0 Å². The first kappa shape index (κ1) is 35.9. The van der Waals surface area contributed by atoms with Crippen LogP contribution in [0.4, 0.5) is 17.1 Å². The lowest BCUT2D eigenvalue weighted by molar-refractivity contribution is 0.768. The van der Waals surface area contributed by atoms with E-state index in [4.69, 9.17) is 0 Å². The number of anilines is 3. The first-order valence-electron chi connectivity index (χ1n) is 21.5. The smallest absolute Gasteiger partial charge is 0.0714 e. The van der Waals surface area contributed by atoms with E-state index in [1.54, 1.807) is 0 Å². The Balaban J connectivity index is 1.24. The van der Waals surface area contributed by atoms with E-state index in [2.05, 4.69) is 254 Å². The highest BCUT2D eigenvalue weighted by atomic mass is 15.2. The highest BCUT2D eigenvalue weighted by Gasteiger charge is 2.47. The lowest BCUT2D eigenvalue weighted by Crippen LogP contribution is -2.28. The third-order valence-electron chi connectivity index (χ3n) is 13.1. The monoisotopic (exact) mass is 787 g/mol. The van der Waals surface area contributed by atoms with Crippen LogP contribution in [0.3, 0.4) is 0 Å². The molecule has 12 rings (SSSR count). The molecular formula is C61H41N. The molecular weight excluding hydrogens is 747 g/mol. The molecule has 0 heterocycles. The van der Waals surface area contributed by atoms with Gasteiger partial charge in [0.1, 0.15) is 0 Å². The number of hydrogen-bond acceptors (Lipinski definition) is 1. The molecule has 0 saturated heterocycles. The Bertz CT molecular complexity index is 3400. The summed E-state index contributed by atoms with van der Waals surface area (Å²) in [6.07, 6.45) is 0. The summed E-state index contributed by atoms with van der Waals surface area (Å²) in [6, 6.07) is 91.8. The maximum atomic E-state index is 2.58. The van der Waals surface area contributed by atoms with E-state index < -0.39 is 5.41 Å². The minimum atomic E-state index is -0.542. The second-order valence-electron chi connectivity index (χ2n) is 16.4. The lowest BCUT2D eigenvalue weighted by Gasteiger charge is -2.35. The van der Waals surface area contributed by atoms with E-state index >= 15 is 0 Å². The van der Waals surface area contributed by atoms with Crippen molar-refractivity contribution in [2.24, 2.45) is 0 Å². The van der Waals surface area contributed by atoms with Gasteiger partial charge in [0.05, 0.1) is 16.8 Å². The largest absolute Gasteiger partial charge is 0.309 e. The summed E-state index contributed by atoms with van der Waals surface area (Å²) in [5, 5.41) is 7.33. The summed E-state index contributed by atoms with van der Waals surface area (Å²) in [4.78, 5) is 2.58. The predicted octanol–water partition coefficient (Wildman–Crippen LogP) is 16.3. The molecule has 11 aromatic carbocycles. The molecule has 1 heteroatoms. The van der Waals surface area contributed by atoms with Gasteiger partial charge in [-0.2, -0.15) is 0 Å². The van der Waals surface area contributed by atoms with Gasteiger partial charge in [-0.1, -0.05) is 224 Å². The molecule has 0 unspecified atom stereocenters. The Labute approximate surface area is 362 Å². The average molecular weight is 788 g/mol. The van der Waals surface area contributed by atoms with Crippen LogP contribution >= 0.6 is 0 Å². The third-order valence-corrected chi connectivity index (χ3v) is 13.1. The van der Waals surface area contributed by atoms with Gasteiger partial charge in [0.25, 0.3) is 0 Å². The van der Waals surface area contributed by atoms with Gasteiger partial charge in [0.2, 0.25) is 0 Å². The van der Waals surface area contributed by atoms with Crippen LogP contribution < -0.4 is 4.90 Å². The fraction of sp³-hybridized carbons (Fsp3) is 0.0164. The molecule has 1 aliphatic carbocycles. The normalized spacial score (nSPS) is 12.6. The van der Waals surface area contributed by atoms with Crippen molar-refractivity contribution in [1.82, 2.24) is 0 Å². The van der Waals surface area contributed by atoms with Crippen LogP contribution in [0.2, 0.25) is 0 Å². The molecule has 62 heavy (non-hydrogen) atoms. The molecule has 0 fully saturated rings. The Morgan fingerprint density at radius 2 is 0.823 bits per heavy atom. The Kier molecular flexibility index (Phi) is 8.47. The lowest BCUT2D eigenvalue weighted by atomic mass is 9.68. The third kappa shape index (κ3) is 5.49. The maximum Gasteiger partial charge on any atom is 0.0714 e. The fourth-order valence-corrected chi connectivity index (χ4v) is 10.5. The van der Waals surface area contributed by atoms with Gasteiger partial charge >= 0.3 is 0 Å². The topological polar surface area (TPSA) is 3.24 Å². The molecule has 11 aromatic rings. The summed E-state index contributed by atoms with van der Waals surface area (Å²) < 4.78 is 0. The summed E-state index contributed by atoms with van der Waals surface area (Å²) in [5.74, 6) is 0. The number of hydrogen-bond donors (Lipinski definition) is 0. The molecule has 0 amide bonds. The molecule has 0 aliphatic heterocycles. The van der Waals surface area contributed by atoms with Crippen LogP contribution in [-0.4, -0.2) is 0 Å². The van der Waals surface area contributed by atoms with E-state index in [-0.39, 0.29) is 0 Å². The number of benzene rings is 11. The fourth-order valence-electron chi connectivity index (χ4n) is 10.5. The van der Waals surface area contributed by atoms with Crippen molar-refractivity contribution in [2.45, 2.75) is 5.41 Å². The standard InChI is InChI=1S/C61H41N/c1-4-19-42(20-5-1)44-37-39-49(40-38-44)62(60-53-30-15-13-28-51(53)50-27-12-14-29-52(50)58(60)46-36-35-43-21-10-11-22-45(43)41-46)57-34-18-33-56-59(57)54-31-16-17-32-55(54)61(56,47-23-6-2-7-24-47)48-25-8-3-9-26-48/h1-41H. The Morgan fingerprint density at radius 3 is 1.53 bits per heavy atom. The van der Waals surface area contributed by atoms with Crippen LogP contribution in [0.1, 0.15) is 22.3 Å². The van der Waals surface area contributed by atoms with Gasteiger partial charge in [-0.25, -0.2) is 0 Å². The second-order valence-corrected chi connectivity index (χ2v) is 16.4. The molecule has 1 nitrogen and oxygen atoms in total.